The van der Waals surface area contributed by atoms with Crippen LogP contribution in [0.1, 0.15) is 22.4 Å². The van der Waals surface area contributed by atoms with E-state index in [-0.39, 0.29) is 12.8 Å². The summed E-state index contributed by atoms with van der Waals surface area (Å²) in [5, 5.41) is 8.85. The Morgan fingerprint density at radius 3 is 2.73 bits per heavy atom. The molecule has 0 bridgehead atoms. The normalized spacial score (nSPS) is 12.0. The predicted octanol–water partition coefficient (Wildman–Crippen LogP) is 1.43. The predicted molar refractivity (Wildman–Crippen MR) is 77.8 cm³/mol. The molecule has 1 aromatic heterocycles. The minimum absolute atomic E-state index is 0.0179. The average Bonchev–Trinajstić information content (AvgIpc) is 2.44. The van der Waals surface area contributed by atoms with Gasteiger partial charge in [-0.1, -0.05) is 18.2 Å². The number of carbonyl (C=O) groups excluding carboxylic acids is 1. The second kappa shape index (κ2) is 5.48. The lowest BCUT2D eigenvalue weighted by Gasteiger charge is -2.20. The summed E-state index contributed by atoms with van der Waals surface area (Å²) < 4.78 is 5.75. The fraction of sp³-hybridized carbons (Fsp3) is 0.188. The topological polar surface area (TPSA) is 103 Å². The largest absolute Gasteiger partial charge is 0.481 e. The highest BCUT2D eigenvalue weighted by molar-refractivity contribution is 5.76. The number of carbonyl (C=O) groups is 2. The van der Waals surface area contributed by atoms with E-state index in [4.69, 9.17) is 15.6 Å². The number of amides is 1. The van der Waals surface area contributed by atoms with Gasteiger partial charge in [0.15, 0.2) is 0 Å². The van der Waals surface area contributed by atoms with Crippen LogP contribution < -0.4 is 10.5 Å². The van der Waals surface area contributed by atoms with Crippen LogP contribution >= 0.6 is 0 Å². The Kier molecular flexibility index (Phi) is 3.50. The van der Waals surface area contributed by atoms with Crippen LogP contribution in [-0.2, 0) is 28.9 Å². The van der Waals surface area contributed by atoms with Crippen LogP contribution in [0, 0.1) is 0 Å². The summed E-state index contributed by atoms with van der Waals surface area (Å²) in [6.45, 7) is 0. The van der Waals surface area contributed by atoms with Gasteiger partial charge in [-0.05, 0) is 23.3 Å². The molecule has 6 nitrogen and oxygen atoms in total. The number of primary amides is 1. The molecule has 0 fully saturated rings. The maximum absolute atomic E-state index is 11.0. The van der Waals surface area contributed by atoms with Gasteiger partial charge < -0.3 is 15.6 Å². The number of hydrogen-bond donors (Lipinski definition) is 2. The molecule has 1 aliphatic rings. The van der Waals surface area contributed by atoms with Gasteiger partial charge in [0.25, 0.3) is 0 Å². The van der Waals surface area contributed by atoms with E-state index in [0.717, 1.165) is 16.7 Å². The summed E-state index contributed by atoms with van der Waals surface area (Å²) in [6.07, 6.45) is 0.666. The Hall–Kier alpha value is -2.89. The maximum atomic E-state index is 11.0. The molecule has 0 saturated carbocycles. The Labute approximate surface area is 126 Å². The van der Waals surface area contributed by atoms with E-state index in [1.54, 1.807) is 18.2 Å². The molecule has 0 aliphatic carbocycles. The third-order valence-corrected chi connectivity index (χ3v) is 3.42. The van der Waals surface area contributed by atoms with Gasteiger partial charge in [0.05, 0.1) is 18.5 Å². The van der Waals surface area contributed by atoms with Crippen molar-refractivity contribution in [3.8, 4) is 11.6 Å². The van der Waals surface area contributed by atoms with Crippen LogP contribution in [0.5, 0.6) is 11.6 Å². The average molecular weight is 298 g/mol. The van der Waals surface area contributed by atoms with E-state index in [1.807, 2.05) is 12.1 Å². The fourth-order valence-corrected chi connectivity index (χ4v) is 2.47. The highest BCUT2D eigenvalue weighted by Gasteiger charge is 2.19. The van der Waals surface area contributed by atoms with E-state index in [2.05, 4.69) is 4.98 Å². The minimum atomic E-state index is -0.866. The van der Waals surface area contributed by atoms with E-state index in [0.29, 0.717) is 23.7 Å². The number of ether oxygens (including phenoxy) is 1. The summed E-state index contributed by atoms with van der Waals surface area (Å²) in [4.78, 5) is 26.0. The van der Waals surface area contributed by atoms with Crippen molar-refractivity contribution >= 4 is 11.9 Å². The first kappa shape index (κ1) is 14.1. The first-order chi connectivity index (χ1) is 10.5. The molecule has 112 valence electrons. The zero-order chi connectivity index (χ0) is 15.7. The van der Waals surface area contributed by atoms with Crippen molar-refractivity contribution in [3.05, 3.63) is 52.7 Å². The number of carboxylic acids is 1. The van der Waals surface area contributed by atoms with E-state index in [1.165, 1.54) is 0 Å². The smallest absolute Gasteiger partial charge is 0.307 e. The molecular weight excluding hydrogens is 284 g/mol. The van der Waals surface area contributed by atoms with E-state index in [9.17, 15) is 9.59 Å². The first-order valence-corrected chi connectivity index (χ1v) is 6.80. The van der Waals surface area contributed by atoms with Crippen LogP contribution in [0.25, 0.3) is 0 Å². The zero-order valence-electron chi connectivity index (χ0n) is 11.7. The molecule has 0 saturated heterocycles. The van der Waals surface area contributed by atoms with Crippen molar-refractivity contribution in [1.82, 2.24) is 4.98 Å². The third-order valence-electron chi connectivity index (χ3n) is 3.42. The van der Waals surface area contributed by atoms with Gasteiger partial charge in [-0.15, -0.1) is 0 Å². The minimum Gasteiger partial charge on any atom is -0.481 e. The molecular formula is C16H14N2O4. The SMILES string of the molecule is NC(=O)Cc1ccc2c(n1)Oc1ccc(CC(=O)O)cc1C2. The Morgan fingerprint density at radius 1 is 1.18 bits per heavy atom. The molecule has 22 heavy (non-hydrogen) atoms. The molecule has 1 aliphatic heterocycles. The molecule has 0 radical (unpaired) electrons. The molecule has 0 unspecified atom stereocenters. The van der Waals surface area contributed by atoms with Gasteiger partial charge in [0.1, 0.15) is 5.75 Å². The number of hydrogen-bond acceptors (Lipinski definition) is 4. The molecule has 2 aromatic rings. The van der Waals surface area contributed by atoms with Gasteiger partial charge in [0.2, 0.25) is 11.8 Å². The lowest BCUT2D eigenvalue weighted by Crippen LogP contribution is -2.15. The molecule has 1 aromatic carbocycles. The molecule has 2 heterocycles. The number of pyridine rings is 1. The number of fused-ring (bicyclic) bond motifs is 2. The van der Waals surface area contributed by atoms with Crippen LogP contribution in [-0.4, -0.2) is 22.0 Å². The summed E-state index contributed by atoms with van der Waals surface area (Å²) in [5.41, 5.74) is 8.29. The number of nitrogens with zero attached hydrogens (tertiary/aromatic N) is 1. The fourth-order valence-electron chi connectivity index (χ4n) is 2.47. The Morgan fingerprint density at radius 2 is 2.00 bits per heavy atom. The number of aromatic nitrogens is 1. The van der Waals surface area contributed by atoms with Gasteiger partial charge in [-0.25, -0.2) is 4.98 Å². The quantitative estimate of drug-likeness (QED) is 0.758. The lowest BCUT2D eigenvalue weighted by molar-refractivity contribution is -0.136. The molecule has 0 atom stereocenters. The Bertz CT molecular complexity index is 705. The highest BCUT2D eigenvalue weighted by Crippen LogP contribution is 2.35. The van der Waals surface area contributed by atoms with Crippen molar-refractivity contribution in [3.63, 3.8) is 0 Å². The molecule has 0 spiro atoms. The van der Waals surface area contributed by atoms with Crippen molar-refractivity contribution in [2.75, 3.05) is 0 Å². The highest BCUT2D eigenvalue weighted by atomic mass is 16.5. The lowest BCUT2D eigenvalue weighted by atomic mass is 9.99. The number of aliphatic carboxylic acids is 1. The Balaban J connectivity index is 1.88. The van der Waals surface area contributed by atoms with Gasteiger partial charge in [-0.3, -0.25) is 9.59 Å². The molecule has 6 heteroatoms. The third kappa shape index (κ3) is 2.90. The summed E-state index contributed by atoms with van der Waals surface area (Å²) >= 11 is 0. The van der Waals surface area contributed by atoms with Crippen LogP contribution in [0.15, 0.2) is 30.3 Å². The van der Waals surface area contributed by atoms with E-state index < -0.39 is 11.9 Å². The van der Waals surface area contributed by atoms with E-state index >= 15 is 0 Å². The molecule has 1 amide bonds. The van der Waals surface area contributed by atoms with Crippen molar-refractivity contribution < 1.29 is 19.4 Å². The summed E-state index contributed by atoms with van der Waals surface area (Å²) in [7, 11) is 0. The number of benzene rings is 1. The van der Waals surface area contributed by atoms with Crippen LogP contribution in [0.3, 0.4) is 0 Å². The van der Waals surface area contributed by atoms with Crippen LogP contribution in [0.2, 0.25) is 0 Å². The molecule has 3 N–H and O–H groups in total. The number of carboxylic acid groups (broad SMARTS) is 1. The number of rotatable bonds is 4. The molecule has 3 rings (SSSR count). The summed E-state index contributed by atoms with van der Waals surface area (Å²) in [5.74, 6) is -0.181. The summed E-state index contributed by atoms with van der Waals surface area (Å²) in [6, 6.07) is 8.92. The second-order valence-corrected chi connectivity index (χ2v) is 5.20. The first-order valence-electron chi connectivity index (χ1n) is 6.80. The monoisotopic (exact) mass is 298 g/mol. The maximum Gasteiger partial charge on any atom is 0.307 e. The van der Waals surface area contributed by atoms with Gasteiger partial charge >= 0.3 is 5.97 Å². The second-order valence-electron chi connectivity index (χ2n) is 5.20. The van der Waals surface area contributed by atoms with Crippen LogP contribution in [0.4, 0.5) is 0 Å². The standard InChI is InChI=1S/C16H14N2O4/c17-14(19)8-12-3-2-10-7-11-5-9(6-15(20)21)1-4-13(11)22-16(10)18-12/h1-5H,6-8H2,(H2,17,19)(H,20,21). The van der Waals surface area contributed by atoms with Gasteiger partial charge in [0, 0.05) is 12.0 Å². The zero-order valence-corrected chi connectivity index (χ0v) is 11.7. The van der Waals surface area contributed by atoms with Crippen molar-refractivity contribution in [2.24, 2.45) is 5.73 Å². The van der Waals surface area contributed by atoms with Crippen molar-refractivity contribution in [1.29, 1.82) is 0 Å². The van der Waals surface area contributed by atoms with Gasteiger partial charge in [-0.2, -0.15) is 0 Å². The van der Waals surface area contributed by atoms with Crippen molar-refractivity contribution in [2.45, 2.75) is 19.3 Å². The number of nitrogens with two attached hydrogens (primary N) is 1.